The zero-order valence-corrected chi connectivity index (χ0v) is 68.1. The molecule has 0 amide bonds. The van der Waals surface area contributed by atoms with Crippen molar-refractivity contribution in [2.24, 2.45) is 0 Å². The molecular formula is C83H160O17P2. The lowest BCUT2D eigenvalue weighted by Crippen LogP contribution is -2.30. The van der Waals surface area contributed by atoms with Crippen LogP contribution in [0.1, 0.15) is 439 Å². The van der Waals surface area contributed by atoms with Gasteiger partial charge in [0.25, 0.3) is 0 Å². The molecule has 17 nitrogen and oxygen atoms in total. The van der Waals surface area contributed by atoms with Crippen molar-refractivity contribution >= 4 is 39.5 Å². The Kier molecular flexibility index (Phi) is 75.3. The SMILES string of the molecule is CCCCCCCC/C=C\CCCCCCCC(=O)OC[C@H](COP(=O)(O)OC[C@@H](O)COP(=O)(O)OC[C@@H](COC(=O)CCCCCCCCCCCCCCC)OC(=O)CCCCCCCCCCCCCCCCCCC)OC(=O)CCCCCCCCCCCCCCCCCCC. The Bertz CT molecular complexity index is 1980. The third kappa shape index (κ3) is 76.0. The van der Waals surface area contributed by atoms with Crippen molar-refractivity contribution in [1.29, 1.82) is 0 Å². The van der Waals surface area contributed by atoms with Crippen LogP contribution in [-0.2, 0) is 65.4 Å². The summed E-state index contributed by atoms with van der Waals surface area (Å²) in [6, 6.07) is 0. The van der Waals surface area contributed by atoms with Gasteiger partial charge >= 0.3 is 39.5 Å². The number of carbonyl (C=O) groups excluding carboxylic acids is 4. The Morgan fingerprint density at radius 1 is 0.265 bits per heavy atom. The van der Waals surface area contributed by atoms with Gasteiger partial charge < -0.3 is 33.8 Å². The van der Waals surface area contributed by atoms with Crippen molar-refractivity contribution in [3.8, 4) is 0 Å². The fourth-order valence-corrected chi connectivity index (χ4v) is 14.3. The summed E-state index contributed by atoms with van der Waals surface area (Å²) in [4.78, 5) is 73.1. The fraction of sp³-hybridized carbons (Fsp3) is 0.928. The standard InChI is InChI=1S/C83H160O17P2/c1-5-9-13-17-21-25-29-33-36-38-41-45-49-53-57-61-65-69-82(87)99-78(73-93-80(85)67-63-59-55-51-47-43-32-28-24-20-16-12-8-4)75-97-101(89,90)95-71-77(84)72-96-102(91,92)98-76-79(74-94-81(86)68-64-60-56-52-48-44-40-35-31-27-23-19-15-11-7-3)100-83(88)70-66-62-58-54-50-46-42-39-37-34-30-26-22-18-14-10-6-2/h35,40,77-79,84H,5-34,36-39,41-76H2,1-4H3,(H,89,90)(H,91,92)/b40-35-/t77-,78+,79+/m0/s1. The predicted molar refractivity (Wildman–Crippen MR) is 418 cm³/mol. The number of hydrogen-bond acceptors (Lipinski definition) is 15. The van der Waals surface area contributed by atoms with E-state index in [0.29, 0.717) is 25.7 Å². The molecule has 0 aliphatic heterocycles. The van der Waals surface area contributed by atoms with Gasteiger partial charge in [-0.2, -0.15) is 0 Å². The summed E-state index contributed by atoms with van der Waals surface area (Å²) in [5.74, 6) is -2.12. The Balaban J connectivity index is 5.28. The topological polar surface area (TPSA) is 237 Å². The van der Waals surface area contributed by atoms with Gasteiger partial charge in [-0.25, -0.2) is 9.13 Å². The number of phosphoric acid groups is 2. The van der Waals surface area contributed by atoms with Gasteiger partial charge in [0.2, 0.25) is 0 Å². The van der Waals surface area contributed by atoms with Crippen LogP contribution in [0.4, 0.5) is 0 Å². The second-order valence-corrected chi connectivity index (χ2v) is 32.4. The number of aliphatic hydroxyl groups excluding tert-OH is 1. The number of allylic oxidation sites excluding steroid dienone is 2. The van der Waals surface area contributed by atoms with E-state index in [4.69, 9.17) is 37.0 Å². The number of unbranched alkanes of at least 4 members (excludes halogenated alkanes) is 55. The van der Waals surface area contributed by atoms with Crippen molar-refractivity contribution in [2.45, 2.75) is 457 Å². The first-order valence-electron chi connectivity index (χ1n) is 42.9. The molecule has 0 heterocycles. The van der Waals surface area contributed by atoms with Crippen molar-refractivity contribution in [2.75, 3.05) is 39.6 Å². The molecule has 2 unspecified atom stereocenters. The molecule has 0 rings (SSSR count). The highest BCUT2D eigenvalue weighted by Gasteiger charge is 2.30. The van der Waals surface area contributed by atoms with Crippen LogP contribution in [0.5, 0.6) is 0 Å². The van der Waals surface area contributed by atoms with E-state index in [0.717, 1.165) is 109 Å². The zero-order valence-electron chi connectivity index (χ0n) is 66.3. The number of ether oxygens (including phenoxy) is 4. The maximum atomic E-state index is 13.1. The minimum Gasteiger partial charge on any atom is -0.462 e. The minimum absolute atomic E-state index is 0.105. The average molecular weight is 1490 g/mol. The summed E-state index contributed by atoms with van der Waals surface area (Å²) in [7, 11) is -9.93. The molecule has 0 saturated heterocycles. The van der Waals surface area contributed by atoms with Gasteiger partial charge in [-0.05, 0) is 51.4 Å². The zero-order chi connectivity index (χ0) is 74.6. The fourth-order valence-electron chi connectivity index (χ4n) is 12.7. The smallest absolute Gasteiger partial charge is 0.462 e. The lowest BCUT2D eigenvalue weighted by Gasteiger charge is -2.21. The Hall–Kier alpha value is -2.20. The first-order valence-corrected chi connectivity index (χ1v) is 45.9. The third-order valence-electron chi connectivity index (χ3n) is 19.3. The molecule has 604 valence electrons. The second kappa shape index (κ2) is 77.0. The second-order valence-electron chi connectivity index (χ2n) is 29.5. The summed E-state index contributed by atoms with van der Waals surface area (Å²) in [5.41, 5.74) is 0. The molecule has 0 fully saturated rings. The van der Waals surface area contributed by atoms with Crippen LogP contribution in [0.3, 0.4) is 0 Å². The molecule has 0 aromatic carbocycles. The van der Waals surface area contributed by atoms with Crippen molar-refractivity contribution in [3.63, 3.8) is 0 Å². The predicted octanol–water partition coefficient (Wildman–Crippen LogP) is 25.1. The van der Waals surface area contributed by atoms with Crippen molar-refractivity contribution in [3.05, 3.63) is 12.2 Å². The van der Waals surface area contributed by atoms with E-state index in [1.54, 1.807) is 0 Å². The molecule has 0 aromatic rings. The van der Waals surface area contributed by atoms with Gasteiger partial charge in [-0.1, -0.05) is 374 Å². The molecule has 5 atom stereocenters. The van der Waals surface area contributed by atoms with E-state index >= 15 is 0 Å². The molecule has 0 saturated carbocycles. The number of hydrogen-bond donors (Lipinski definition) is 3. The van der Waals surface area contributed by atoms with Crippen LogP contribution in [-0.4, -0.2) is 96.7 Å². The lowest BCUT2D eigenvalue weighted by molar-refractivity contribution is -0.161. The monoisotopic (exact) mass is 1490 g/mol. The maximum absolute atomic E-state index is 13.1. The van der Waals surface area contributed by atoms with E-state index in [1.807, 2.05) is 0 Å². The van der Waals surface area contributed by atoms with Gasteiger partial charge in [-0.3, -0.25) is 37.3 Å². The Labute approximate surface area is 625 Å². The maximum Gasteiger partial charge on any atom is 0.472 e. The summed E-state index contributed by atoms with van der Waals surface area (Å²) in [6.07, 6.45) is 71.7. The van der Waals surface area contributed by atoms with Crippen molar-refractivity contribution in [1.82, 2.24) is 0 Å². The summed E-state index contributed by atoms with van der Waals surface area (Å²) < 4.78 is 68.8. The summed E-state index contributed by atoms with van der Waals surface area (Å²) in [6.45, 7) is 5.02. The van der Waals surface area contributed by atoms with E-state index < -0.39 is 97.5 Å². The molecular weight excluding hydrogens is 1330 g/mol. The lowest BCUT2D eigenvalue weighted by atomic mass is 10.0. The molecule has 0 bridgehead atoms. The van der Waals surface area contributed by atoms with Crippen LogP contribution >= 0.6 is 15.6 Å². The first kappa shape index (κ1) is 99.8. The highest BCUT2D eigenvalue weighted by molar-refractivity contribution is 7.47. The van der Waals surface area contributed by atoms with Gasteiger partial charge in [0.15, 0.2) is 12.2 Å². The van der Waals surface area contributed by atoms with Gasteiger partial charge in [0.05, 0.1) is 26.4 Å². The van der Waals surface area contributed by atoms with Crippen LogP contribution in [0, 0.1) is 0 Å². The van der Waals surface area contributed by atoms with E-state index in [-0.39, 0.29) is 25.7 Å². The van der Waals surface area contributed by atoms with Crippen LogP contribution in [0.2, 0.25) is 0 Å². The highest BCUT2D eigenvalue weighted by Crippen LogP contribution is 2.45. The molecule has 102 heavy (non-hydrogen) atoms. The number of esters is 4. The number of aliphatic hydroxyl groups is 1. The molecule has 19 heteroatoms. The average Bonchev–Trinajstić information content (AvgIpc) is 0.951. The van der Waals surface area contributed by atoms with Crippen molar-refractivity contribution < 1.29 is 80.2 Å². The minimum atomic E-state index is -4.97. The third-order valence-corrected chi connectivity index (χ3v) is 21.2. The van der Waals surface area contributed by atoms with E-state index in [1.165, 1.54) is 250 Å². The van der Waals surface area contributed by atoms with Crippen LogP contribution in [0.25, 0.3) is 0 Å². The molecule has 0 aliphatic rings. The van der Waals surface area contributed by atoms with Gasteiger partial charge in [0.1, 0.15) is 19.3 Å². The molecule has 0 spiro atoms. The van der Waals surface area contributed by atoms with Gasteiger partial charge in [-0.15, -0.1) is 0 Å². The quantitative estimate of drug-likeness (QED) is 0.0169. The molecule has 0 radical (unpaired) electrons. The van der Waals surface area contributed by atoms with Crippen LogP contribution < -0.4 is 0 Å². The Morgan fingerprint density at radius 2 is 0.451 bits per heavy atom. The summed E-state index contributed by atoms with van der Waals surface area (Å²) in [5, 5.41) is 10.7. The van der Waals surface area contributed by atoms with Crippen LogP contribution in [0.15, 0.2) is 12.2 Å². The normalized spacial score (nSPS) is 13.8. The molecule has 0 aromatic heterocycles. The van der Waals surface area contributed by atoms with E-state index in [9.17, 15) is 43.2 Å². The van der Waals surface area contributed by atoms with Gasteiger partial charge in [0, 0.05) is 25.7 Å². The summed E-state index contributed by atoms with van der Waals surface area (Å²) >= 11 is 0. The van der Waals surface area contributed by atoms with E-state index in [2.05, 4.69) is 39.8 Å². The number of carbonyl (C=O) groups is 4. The first-order chi connectivity index (χ1) is 49.7. The number of phosphoric ester groups is 2. The number of rotatable bonds is 83. The molecule has 0 aliphatic carbocycles. The Morgan fingerprint density at radius 3 is 0.676 bits per heavy atom. The molecule has 3 N–H and O–H groups in total. The largest absolute Gasteiger partial charge is 0.472 e. The highest BCUT2D eigenvalue weighted by atomic mass is 31.2.